The van der Waals surface area contributed by atoms with Crippen LogP contribution in [0.5, 0.6) is 0 Å². The zero-order chi connectivity index (χ0) is 19.8. The molecule has 0 spiro atoms. The number of benzene rings is 1. The number of nitrogens with one attached hydrogen (secondary N) is 2. The van der Waals surface area contributed by atoms with E-state index >= 15 is 0 Å². The lowest BCUT2D eigenvalue weighted by atomic mass is 10.2. The van der Waals surface area contributed by atoms with Crippen molar-refractivity contribution in [2.24, 2.45) is 0 Å². The van der Waals surface area contributed by atoms with Gasteiger partial charge >= 0.3 is 6.18 Å². The maximum absolute atomic E-state index is 14.0. The number of para-hydroxylation sites is 1. The molecule has 0 aliphatic heterocycles. The SMILES string of the molecule is Cc1cc(=O)c(C(=O)Nc2n[nH]c(C(F)(F)F)n2)nn1-c1ccccc1F. The van der Waals surface area contributed by atoms with Gasteiger partial charge in [0.2, 0.25) is 17.2 Å². The summed E-state index contributed by atoms with van der Waals surface area (Å²) in [6.45, 7) is 1.48. The highest BCUT2D eigenvalue weighted by Gasteiger charge is 2.35. The molecule has 0 fully saturated rings. The normalized spacial score (nSPS) is 11.4. The molecule has 0 saturated heterocycles. The van der Waals surface area contributed by atoms with Gasteiger partial charge in [0.05, 0.1) is 0 Å². The molecule has 0 radical (unpaired) electrons. The Morgan fingerprint density at radius 2 is 1.96 bits per heavy atom. The lowest BCUT2D eigenvalue weighted by Gasteiger charge is -2.11. The molecule has 3 aromatic rings. The lowest BCUT2D eigenvalue weighted by molar-refractivity contribution is -0.144. The van der Waals surface area contributed by atoms with Crippen LogP contribution in [0, 0.1) is 12.7 Å². The van der Waals surface area contributed by atoms with Crippen LogP contribution in [0.4, 0.5) is 23.5 Å². The number of carbonyl (C=O) groups is 1. The van der Waals surface area contributed by atoms with E-state index in [1.54, 1.807) is 5.10 Å². The predicted molar refractivity (Wildman–Crippen MR) is 83.9 cm³/mol. The third kappa shape index (κ3) is 3.68. The van der Waals surface area contributed by atoms with E-state index in [9.17, 15) is 27.2 Å². The summed E-state index contributed by atoms with van der Waals surface area (Å²) in [6.07, 6.45) is -4.78. The smallest absolute Gasteiger partial charge is 0.288 e. The molecule has 2 N–H and O–H groups in total. The number of carbonyl (C=O) groups excluding carboxylic acids is 1. The summed E-state index contributed by atoms with van der Waals surface area (Å²) in [5.41, 5.74) is -1.23. The van der Waals surface area contributed by atoms with E-state index in [1.165, 1.54) is 31.2 Å². The van der Waals surface area contributed by atoms with Crippen LogP contribution in [-0.4, -0.2) is 30.9 Å². The van der Waals surface area contributed by atoms with Crippen LogP contribution in [0.15, 0.2) is 35.1 Å². The van der Waals surface area contributed by atoms with Gasteiger partial charge < -0.3 is 0 Å². The van der Waals surface area contributed by atoms with E-state index in [0.29, 0.717) is 0 Å². The number of aryl methyl sites for hydroxylation is 1. The molecule has 0 atom stereocenters. The Kier molecular flexibility index (Phi) is 4.47. The average Bonchev–Trinajstić information content (AvgIpc) is 3.04. The quantitative estimate of drug-likeness (QED) is 0.675. The van der Waals surface area contributed by atoms with E-state index in [4.69, 9.17) is 0 Å². The minimum atomic E-state index is -4.78. The summed E-state index contributed by atoms with van der Waals surface area (Å²) in [4.78, 5) is 27.3. The van der Waals surface area contributed by atoms with E-state index in [1.807, 2.05) is 5.32 Å². The summed E-state index contributed by atoms with van der Waals surface area (Å²) in [6, 6.07) is 6.58. The van der Waals surface area contributed by atoms with Crippen molar-refractivity contribution in [3.05, 3.63) is 63.6 Å². The molecular weight excluding hydrogens is 372 g/mol. The monoisotopic (exact) mass is 382 g/mol. The van der Waals surface area contributed by atoms with Gasteiger partial charge in [-0.25, -0.2) is 9.07 Å². The number of rotatable bonds is 3. The van der Waals surface area contributed by atoms with Crippen molar-refractivity contribution in [3.63, 3.8) is 0 Å². The van der Waals surface area contributed by atoms with Crippen molar-refractivity contribution < 1.29 is 22.4 Å². The molecule has 0 unspecified atom stereocenters. The third-order valence-corrected chi connectivity index (χ3v) is 3.38. The molecular formula is C15H10F4N6O2. The van der Waals surface area contributed by atoms with Gasteiger partial charge in [-0.3, -0.25) is 20.0 Å². The van der Waals surface area contributed by atoms with Crippen LogP contribution in [0.25, 0.3) is 5.69 Å². The van der Waals surface area contributed by atoms with Crippen LogP contribution in [0.1, 0.15) is 22.0 Å². The average molecular weight is 382 g/mol. The molecule has 0 aliphatic carbocycles. The highest BCUT2D eigenvalue weighted by molar-refractivity contribution is 6.01. The summed E-state index contributed by atoms with van der Waals surface area (Å²) in [5, 5.41) is 10.6. The first-order valence-corrected chi connectivity index (χ1v) is 7.33. The third-order valence-electron chi connectivity index (χ3n) is 3.38. The van der Waals surface area contributed by atoms with Gasteiger partial charge in [-0.15, -0.1) is 5.10 Å². The molecule has 1 amide bonds. The molecule has 3 rings (SSSR count). The van der Waals surface area contributed by atoms with Crippen molar-refractivity contribution in [1.82, 2.24) is 25.0 Å². The second kappa shape index (κ2) is 6.63. The Balaban J connectivity index is 1.96. The Hall–Kier alpha value is -3.57. The first-order valence-electron chi connectivity index (χ1n) is 7.33. The van der Waals surface area contributed by atoms with Crippen molar-refractivity contribution in [2.75, 3.05) is 5.32 Å². The van der Waals surface area contributed by atoms with Gasteiger partial charge in [-0.2, -0.15) is 23.3 Å². The van der Waals surface area contributed by atoms with Gasteiger partial charge in [-0.05, 0) is 19.1 Å². The van der Waals surface area contributed by atoms with E-state index in [2.05, 4.69) is 15.2 Å². The van der Waals surface area contributed by atoms with Crippen LogP contribution < -0.4 is 10.7 Å². The maximum Gasteiger partial charge on any atom is 0.451 e. The Bertz CT molecular complexity index is 1070. The number of hydrogen-bond donors (Lipinski definition) is 2. The van der Waals surface area contributed by atoms with Crippen molar-refractivity contribution in [1.29, 1.82) is 0 Å². The molecule has 12 heteroatoms. The fourth-order valence-corrected chi connectivity index (χ4v) is 2.18. The van der Waals surface area contributed by atoms with Crippen LogP contribution in [0.3, 0.4) is 0 Å². The van der Waals surface area contributed by atoms with Crippen LogP contribution in [-0.2, 0) is 6.18 Å². The Morgan fingerprint density at radius 3 is 2.59 bits per heavy atom. The van der Waals surface area contributed by atoms with E-state index < -0.39 is 40.8 Å². The van der Waals surface area contributed by atoms with Gasteiger partial charge in [0.1, 0.15) is 11.5 Å². The first kappa shape index (κ1) is 18.2. The molecule has 0 saturated carbocycles. The predicted octanol–water partition coefficient (Wildman–Crippen LogP) is 2.07. The Labute approximate surface area is 147 Å². The van der Waals surface area contributed by atoms with Crippen LogP contribution >= 0.6 is 0 Å². The Morgan fingerprint density at radius 1 is 1.26 bits per heavy atom. The highest BCUT2D eigenvalue weighted by Crippen LogP contribution is 2.26. The van der Waals surface area contributed by atoms with Gasteiger partial charge in [0, 0.05) is 11.8 Å². The topological polar surface area (TPSA) is 106 Å². The second-order valence-electron chi connectivity index (χ2n) is 5.32. The zero-order valence-electron chi connectivity index (χ0n) is 13.5. The number of aromatic amines is 1. The van der Waals surface area contributed by atoms with Gasteiger partial charge in [0.25, 0.3) is 5.91 Å². The molecule has 2 aromatic heterocycles. The molecule has 8 nitrogen and oxygen atoms in total. The number of aromatic nitrogens is 5. The van der Waals surface area contributed by atoms with Crippen molar-refractivity contribution >= 4 is 11.9 Å². The number of anilines is 1. The fraction of sp³-hybridized carbons (Fsp3) is 0.133. The first-order chi connectivity index (χ1) is 12.7. The number of nitrogens with zero attached hydrogens (tertiary/aromatic N) is 4. The van der Waals surface area contributed by atoms with Crippen molar-refractivity contribution in [3.8, 4) is 5.69 Å². The number of amides is 1. The van der Waals surface area contributed by atoms with E-state index in [0.717, 1.165) is 10.7 Å². The molecule has 0 bridgehead atoms. The van der Waals surface area contributed by atoms with Gasteiger partial charge in [-0.1, -0.05) is 12.1 Å². The lowest BCUT2D eigenvalue weighted by Crippen LogP contribution is -2.27. The minimum absolute atomic E-state index is 0.0127. The summed E-state index contributed by atoms with van der Waals surface area (Å²) in [5.74, 6) is -3.89. The van der Waals surface area contributed by atoms with Gasteiger partial charge in [0.15, 0.2) is 5.69 Å². The summed E-state index contributed by atoms with van der Waals surface area (Å²) >= 11 is 0. The largest absolute Gasteiger partial charge is 0.451 e. The molecule has 0 aliphatic rings. The number of alkyl halides is 3. The number of halogens is 4. The summed E-state index contributed by atoms with van der Waals surface area (Å²) in [7, 11) is 0. The fourth-order valence-electron chi connectivity index (χ4n) is 2.18. The van der Waals surface area contributed by atoms with E-state index in [-0.39, 0.29) is 11.4 Å². The maximum atomic E-state index is 14.0. The summed E-state index contributed by atoms with van der Waals surface area (Å²) < 4.78 is 52.5. The molecule has 27 heavy (non-hydrogen) atoms. The number of hydrogen-bond acceptors (Lipinski definition) is 5. The highest BCUT2D eigenvalue weighted by atomic mass is 19.4. The minimum Gasteiger partial charge on any atom is -0.288 e. The van der Waals surface area contributed by atoms with Crippen LogP contribution in [0.2, 0.25) is 0 Å². The molecule has 1 aromatic carbocycles. The molecule has 140 valence electrons. The van der Waals surface area contributed by atoms with Crippen molar-refractivity contribution in [2.45, 2.75) is 13.1 Å². The molecule has 2 heterocycles. The number of H-pyrrole nitrogens is 1. The standard InChI is InChI=1S/C15H10F4N6O2/c1-7-6-10(26)11(24-25(7)9-5-3-2-4-8(9)16)12(27)20-14-21-13(22-23-14)15(17,18)19/h2-6H,1H3,(H2,20,21,22,23,27). The zero-order valence-corrected chi connectivity index (χ0v) is 13.5. The second-order valence-corrected chi connectivity index (χ2v) is 5.32.